The summed E-state index contributed by atoms with van der Waals surface area (Å²) >= 11 is 0. The lowest BCUT2D eigenvalue weighted by Crippen LogP contribution is -2.50. The lowest BCUT2D eigenvalue weighted by atomic mass is 10.0. The molecule has 3 aliphatic heterocycles. The fourth-order valence-corrected chi connectivity index (χ4v) is 4.55. The average molecular weight is 343 g/mol. The van der Waals surface area contributed by atoms with Gasteiger partial charge in [-0.15, -0.1) is 0 Å². The number of likely N-dealkylation sites (tertiary alicyclic amines) is 2. The Morgan fingerprint density at radius 2 is 2.00 bits per heavy atom. The highest BCUT2D eigenvalue weighted by molar-refractivity contribution is 5.82. The Kier molecular flexibility index (Phi) is 5.06. The number of nitrogens with zero attached hydrogens (tertiary/aromatic N) is 3. The van der Waals surface area contributed by atoms with Gasteiger partial charge in [-0.25, -0.2) is 0 Å². The van der Waals surface area contributed by atoms with Crippen molar-refractivity contribution in [1.29, 1.82) is 0 Å². The molecule has 1 aromatic rings. The van der Waals surface area contributed by atoms with Gasteiger partial charge in [0.1, 0.15) is 0 Å². The van der Waals surface area contributed by atoms with Crippen molar-refractivity contribution in [2.75, 3.05) is 39.8 Å². The molecule has 3 heterocycles. The highest BCUT2D eigenvalue weighted by atomic mass is 16.5. The van der Waals surface area contributed by atoms with Gasteiger partial charge in [-0.1, -0.05) is 36.8 Å². The first-order chi connectivity index (χ1) is 12.2. The molecule has 1 amide bonds. The molecule has 0 saturated carbocycles. The van der Waals surface area contributed by atoms with Gasteiger partial charge in [0.2, 0.25) is 5.91 Å². The van der Waals surface area contributed by atoms with Crippen molar-refractivity contribution in [3.63, 3.8) is 0 Å². The van der Waals surface area contributed by atoms with Gasteiger partial charge >= 0.3 is 0 Å². The molecule has 3 fully saturated rings. The zero-order chi connectivity index (χ0) is 17.2. The molecule has 0 radical (unpaired) electrons. The van der Waals surface area contributed by atoms with Crippen molar-refractivity contribution in [3.8, 4) is 0 Å². The number of carbonyl (C=O) groups is 1. The summed E-state index contributed by atoms with van der Waals surface area (Å²) in [6, 6.07) is 11.0. The fraction of sp³-hybridized carbons (Fsp3) is 0.650. The first kappa shape index (κ1) is 17.0. The molecule has 3 saturated heterocycles. The van der Waals surface area contributed by atoms with Crippen molar-refractivity contribution < 1.29 is 9.53 Å². The number of ether oxygens (including phenoxy) is 1. The number of morpholine rings is 1. The Morgan fingerprint density at radius 3 is 2.80 bits per heavy atom. The maximum Gasteiger partial charge on any atom is 0.240 e. The van der Waals surface area contributed by atoms with Crippen LogP contribution in [0, 0.1) is 0 Å². The molecule has 0 aromatic heterocycles. The van der Waals surface area contributed by atoms with Gasteiger partial charge in [0.25, 0.3) is 0 Å². The van der Waals surface area contributed by atoms with E-state index in [0.717, 1.165) is 52.2 Å². The zero-order valence-corrected chi connectivity index (χ0v) is 15.1. The summed E-state index contributed by atoms with van der Waals surface area (Å²) in [7, 11) is 2.09. The van der Waals surface area contributed by atoms with Crippen LogP contribution in [0.2, 0.25) is 0 Å². The van der Waals surface area contributed by atoms with Crippen molar-refractivity contribution in [2.24, 2.45) is 0 Å². The van der Waals surface area contributed by atoms with E-state index in [1.807, 2.05) is 0 Å². The molecule has 0 spiro atoms. The Labute approximate surface area is 150 Å². The van der Waals surface area contributed by atoms with E-state index < -0.39 is 0 Å². The Morgan fingerprint density at radius 1 is 1.16 bits per heavy atom. The monoisotopic (exact) mass is 343 g/mol. The number of piperidine rings is 1. The highest BCUT2D eigenvalue weighted by Gasteiger charge is 2.43. The second-order valence-electron chi connectivity index (χ2n) is 7.67. The normalized spacial score (nSPS) is 31.1. The van der Waals surface area contributed by atoms with Crippen molar-refractivity contribution in [2.45, 2.75) is 44.0 Å². The number of hydrogen-bond acceptors (Lipinski definition) is 4. The minimum Gasteiger partial charge on any atom is -0.373 e. The van der Waals surface area contributed by atoms with E-state index >= 15 is 0 Å². The Hall–Kier alpha value is -1.43. The van der Waals surface area contributed by atoms with Crippen LogP contribution >= 0.6 is 0 Å². The van der Waals surface area contributed by atoms with Crippen molar-refractivity contribution in [3.05, 3.63) is 35.9 Å². The van der Waals surface area contributed by atoms with Crippen LogP contribution in [0.3, 0.4) is 0 Å². The van der Waals surface area contributed by atoms with Crippen LogP contribution in [-0.4, -0.2) is 78.6 Å². The maximum atomic E-state index is 13.0. The SMILES string of the molecule is CN1CCCC[C@@H]1C(=O)N1C[C@@H]2OCCN(Cc3ccccc3)[C@@H]2C1. The number of likely N-dealkylation sites (N-methyl/N-ethyl adjacent to an activating group) is 1. The van der Waals surface area contributed by atoms with Crippen LogP contribution < -0.4 is 0 Å². The van der Waals surface area contributed by atoms with Crippen LogP contribution in [0.25, 0.3) is 0 Å². The molecule has 25 heavy (non-hydrogen) atoms. The molecule has 1 aromatic carbocycles. The second-order valence-corrected chi connectivity index (χ2v) is 7.67. The summed E-state index contributed by atoms with van der Waals surface area (Å²) in [5, 5.41) is 0. The molecule has 5 nitrogen and oxygen atoms in total. The topological polar surface area (TPSA) is 36.0 Å². The third-order valence-electron chi connectivity index (χ3n) is 6.01. The second kappa shape index (κ2) is 7.44. The van der Waals surface area contributed by atoms with Gasteiger partial charge < -0.3 is 9.64 Å². The predicted molar refractivity (Wildman–Crippen MR) is 97.2 cm³/mol. The summed E-state index contributed by atoms with van der Waals surface area (Å²) in [4.78, 5) is 19.8. The minimum absolute atomic E-state index is 0.0662. The summed E-state index contributed by atoms with van der Waals surface area (Å²) in [6.45, 7) is 5.24. The number of fused-ring (bicyclic) bond motifs is 1. The molecule has 0 N–H and O–H groups in total. The van der Waals surface area contributed by atoms with Crippen molar-refractivity contribution >= 4 is 5.91 Å². The smallest absolute Gasteiger partial charge is 0.240 e. The van der Waals surface area contributed by atoms with E-state index in [-0.39, 0.29) is 12.1 Å². The van der Waals surface area contributed by atoms with Crippen LogP contribution in [0.5, 0.6) is 0 Å². The largest absolute Gasteiger partial charge is 0.373 e. The maximum absolute atomic E-state index is 13.0. The van der Waals surface area contributed by atoms with E-state index in [1.165, 1.54) is 12.0 Å². The third-order valence-corrected chi connectivity index (χ3v) is 6.01. The van der Waals surface area contributed by atoms with E-state index in [4.69, 9.17) is 4.74 Å². The predicted octanol–water partition coefficient (Wildman–Crippen LogP) is 1.58. The van der Waals surface area contributed by atoms with Crippen LogP contribution in [0.4, 0.5) is 0 Å². The van der Waals surface area contributed by atoms with Crippen molar-refractivity contribution in [1.82, 2.24) is 14.7 Å². The van der Waals surface area contributed by atoms with E-state index in [1.54, 1.807) is 0 Å². The fourth-order valence-electron chi connectivity index (χ4n) is 4.55. The van der Waals surface area contributed by atoms with E-state index in [0.29, 0.717) is 11.9 Å². The van der Waals surface area contributed by atoms with Crippen LogP contribution in [-0.2, 0) is 16.1 Å². The average Bonchev–Trinajstić information content (AvgIpc) is 3.08. The molecular formula is C20H29N3O2. The third kappa shape index (κ3) is 3.59. The van der Waals surface area contributed by atoms with Crippen LogP contribution in [0.1, 0.15) is 24.8 Å². The minimum atomic E-state index is 0.0662. The van der Waals surface area contributed by atoms with Gasteiger partial charge in [0.15, 0.2) is 0 Å². The molecule has 3 aliphatic rings. The molecule has 0 unspecified atom stereocenters. The number of benzene rings is 1. The lowest BCUT2D eigenvalue weighted by molar-refractivity contribution is -0.137. The summed E-state index contributed by atoms with van der Waals surface area (Å²) in [5.74, 6) is 0.305. The van der Waals surface area contributed by atoms with Gasteiger partial charge in [-0.3, -0.25) is 14.6 Å². The van der Waals surface area contributed by atoms with E-state index in [9.17, 15) is 4.79 Å². The number of rotatable bonds is 3. The number of carbonyl (C=O) groups excluding carboxylic acids is 1. The number of amides is 1. The molecule has 136 valence electrons. The van der Waals surface area contributed by atoms with E-state index in [2.05, 4.69) is 52.1 Å². The highest BCUT2D eigenvalue weighted by Crippen LogP contribution is 2.27. The summed E-state index contributed by atoms with van der Waals surface area (Å²) in [6.07, 6.45) is 3.53. The Bertz CT molecular complexity index is 594. The van der Waals surface area contributed by atoms with Gasteiger partial charge in [0, 0.05) is 26.2 Å². The zero-order valence-electron chi connectivity index (χ0n) is 15.1. The Balaban J connectivity index is 1.42. The van der Waals surface area contributed by atoms with Crippen LogP contribution in [0.15, 0.2) is 30.3 Å². The number of hydrogen-bond donors (Lipinski definition) is 0. The summed E-state index contributed by atoms with van der Waals surface area (Å²) < 4.78 is 6.02. The van der Waals surface area contributed by atoms with Gasteiger partial charge in [-0.05, 0) is 32.0 Å². The molecule has 4 rings (SSSR count). The molecule has 3 atom stereocenters. The summed E-state index contributed by atoms with van der Waals surface area (Å²) in [5.41, 5.74) is 1.33. The first-order valence-corrected chi connectivity index (χ1v) is 9.61. The lowest BCUT2D eigenvalue weighted by Gasteiger charge is -2.36. The molecule has 0 aliphatic carbocycles. The molecule has 5 heteroatoms. The first-order valence-electron chi connectivity index (χ1n) is 9.61. The van der Waals surface area contributed by atoms with Gasteiger partial charge in [0.05, 0.1) is 24.8 Å². The quantitative estimate of drug-likeness (QED) is 0.835. The standard InChI is InChI=1S/C20H29N3O2/c1-21-10-6-5-9-17(21)20(24)23-14-18-19(15-23)25-12-11-22(18)13-16-7-3-2-4-8-16/h2-4,7-8,17-19H,5-6,9-15H2,1H3/t17-,18-,19+/m1/s1. The van der Waals surface area contributed by atoms with Gasteiger partial charge in [-0.2, -0.15) is 0 Å². The molecule has 0 bridgehead atoms. The molecular weight excluding hydrogens is 314 g/mol.